The van der Waals surface area contributed by atoms with E-state index in [0.717, 1.165) is 42.0 Å². The zero-order valence-corrected chi connectivity index (χ0v) is 26.9. The Bertz CT molecular complexity index is 1530. The lowest BCUT2D eigenvalue weighted by Gasteiger charge is -2.34. The van der Waals surface area contributed by atoms with E-state index in [2.05, 4.69) is 5.32 Å². The molecule has 0 radical (unpaired) electrons. The number of methoxy groups -OCH3 is 2. The topological polar surface area (TPSA) is 105 Å². The van der Waals surface area contributed by atoms with Crippen LogP contribution in [-0.4, -0.2) is 58.0 Å². The van der Waals surface area contributed by atoms with Gasteiger partial charge in [0, 0.05) is 17.6 Å². The van der Waals surface area contributed by atoms with Crippen molar-refractivity contribution < 1.29 is 27.5 Å². The lowest BCUT2D eigenvalue weighted by Crippen LogP contribution is -2.54. The fourth-order valence-corrected chi connectivity index (χ4v) is 7.13. The average molecular weight is 642 g/mol. The van der Waals surface area contributed by atoms with Crippen molar-refractivity contribution in [3.05, 3.63) is 83.4 Å². The Hall–Kier alpha value is -3.76. The molecule has 0 unspecified atom stereocenters. The van der Waals surface area contributed by atoms with E-state index >= 15 is 0 Å². The first-order valence-corrected chi connectivity index (χ1v) is 16.6. The molecular formula is C33H40ClN3O6S. The minimum absolute atomic E-state index is 0.00347. The van der Waals surface area contributed by atoms with Crippen molar-refractivity contribution in [3.63, 3.8) is 0 Å². The summed E-state index contributed by atoms with van der Waals surface area (Å²) >= 11 is 6.32. The van der Waals surface area contributed by atoms with Crippen molar-refractivity contribution in [2.24, 2.45) is 0 Å². The number of nitrogens with zero attached hydrogens (tertiary/aromatic N) is 2. The van der Waals surface area contributed by atoms with E-state index in [4.69, 9.17) is 21.1 Å². The van der Waals surface area contributed by atoms with Gasteiger partial charge in [0.1, 0.15) is 24.1 Å². The van der Waals surface area contributed by atoms with Crippen molar-refractivity contribution >= 4 is 39.1 Å². The molecule has 236 valence electrons. The zero-order valence-electron chi connectivity index (χ0n) is 25.4. The van der Waals surface area contributed by atoms with E-state index < -0.39 is 28.5 Å². The standard InChI is InChI=1S/C33H40ClN3O6S/c1-4-29(33(39)35-26-13-7-5-8-14-26)36(22-24-12-11-15-27(20-24)42-2)32(38)23-37(30-21-25(34)18-19-31(30)43-3)44(40,41)28-16-9-6-10-17-28/h6,9-12,15-21,26,29H,4-5,7-8,13-14,22-23H2,1-3H3,(H,35,39)/t29-/m0/s1. The molecule has 0 saturated heterocycles. The normalized spacial score (nSPS) is 14.4. The van der Waals surface area contributed by atoms with Crippen LogP contribution in [0.5, 0.6) is 11.5 Å². The fourth-order valence-electron chi connectivity index (χ4n) is 5.52. The third kappa shape index (κ3) is 8.04. The number of rotatable bonds is 13. The van der Waals surface area contributed by atoms with E-state index in [-0.39, 0.29) is 39.8 Å². The number of amides is 2. The van der Waals surface area contributed by atoms with Gasteiger partial charge in [0.15, 0.2) is 0 Å². The van der Waals surface area contributed by atoms with Gasteiger partial charge >= 0.3 is 0 Å². The van der Waals surface area contributed by atoms with Crippen molar-refractivity contribution in [3.8, 4) is 11.5 Å². The Balaban J connectivity index is 1.76. The van der Waals surface area contributed by atoms with Gasteiger partial charge in [-0.1, -0.05) is 68.1 Å². The van der Waals surface area contributed by atoms with Crippen LogP contribution in [0.3, 0.4) is 0 Å². The molecule has 1 saturated carbocycles. The van der Waals surface area contributed by atoms with Gasteiger partial charge in [-0.05, 0) is 67.3 Å². The predicted octanol–water partition coefficient (Wildman–Crippen LogP) is 5.81. The fraction of sp³-hybridized carbons (Fsp3) is 0.394. The maximum absolute atomic E-state index is 14.4. The molecule has 1 aliphatic carbocycles. The molecule has 1 fully saturated rings. The molecule has 0 bridgehead atoms. The summed E-state index contributed by atoms with van der Waals surface area (Å²) in [4.78, 5) is 29.6. The summed E-state index contributed by atoms with van der Waals surface area (Å²) in [5, 5.41) is 3.42. The first-order valence-electron chi connectivity index (χ1n) is 14.8. The Labute approximate surface area is 265 Å². The summed E-state index contributed by atoms with van der Waals surface area (Å²) in [6.45, 7) is 1.32. The number of halogens is 1. The van der Waals surface area contributed by atoms with Gasteiger partial charge in [-0.2, -0.15) is 0 Å². The van der Waals surface area contributed by atoms with Crippen LogP contribution >= 0.6 is 11.6 Å². The summed E-state index contributed by atoms with van der Waals surface area (Å²) in [6.07, 6.45) is 5.35. The van der Waals surface area contributed by atoms with E-state index in [0.29, 0.717) is 12.2 Å². The van der Waals surface area contributed by atoms with E-state index in [9.17, 15) is 18.0 Å². The zero-order chi connectivity index (χ0) is 31.7. The van der Waals surface area contributed by atoms with Crippen LogP contribution in [0.1, 0.15) is 51.0 Å². The van der Waals surface area contributed by atoms with Crippen molar-refractivity contribution in [2.75, 3.05) is 25.1 Å². The quantitative estimate of drug-likeness (QED) is 0.253. The molecule has 3 aromatic carbocycles. The molecule has 1 atom stereocenters. The first-order chi connectivity index (χ1) is 21.2. The van der Waals surface area contributed by atoms with Crippen LogP contribution < -0.4 is 19.1 Å². The third-order valence-corrected chi connectivity index (χ3v) is 9.85. The maximum atomic E-state index is 14.4. The molecule has 0 aromatic heterocycles. The molecular weight excluding hydrogens is 602 g/mol. The highest BCUT2D eigenvalue weighted by molar-refractivity contribution is 7.92. The lowest BCUT2D eigenvalue weighted by atomic mass is 9.95. The highest BCUT2D eigenvalue weighted by atomic mass is 35.5. The Morgan fingerprint density at radius 2 is 1.68 bits per heavy atom. The van der Waals surface area contributed by atoms with Crippen LogP contribution in [-0.2, 0) is 26.2 Å². The van der Waals surface area contributed by atoms with Crippen LogP contribution in [0.15, 0.2) is 77.7 Å². The van der Waals surface area contributed by atoms with Crippen molar-refractivity contribution in [2.45, 2.75) is 69.0 Å². The smallest absolute Gasteiger partial charge is 0.264 e. The predicted molar refractivity (Wildman–Crippen MR) is 172 cm³/mol. The van der Waals surface area contributed by atoms with E-state index in [1.165, 1.54) is 30.2 Å². The van der Waals surface area contributed by atoms with Crippen LogP contribution in [0, 0.1) is 0 Å². The first kappa shape index (κ1) is 33.1. The van der Waals surface area contributed by atoms with E-state index in [1.807, 2.05) is 19.1 Å². The van der Waals surface area contributed by atoms with Gasteiger partial charge in [-0.25, -0.2) is 8.42 Å². The highest BCUT2D eigenvalue weighted by Crippen LogP contribution is 2.35. The molecule has 44 heavy (non-hydrogen) atoms. The molecule has 2 amide bonds. The number of nitrogens with one attached hydrogen (secondary N) is 1. The van der Waals surface area contributed by atoms with Crippen molar-refractivity contribution in [1.29, 1.82) is 0 Å². The number of carbonyl (C=O) groups is 2. The largest absolute Gasteiger partial charge is 0.497 e. The molecule has 4 rings (SSSR count). The van der Waals surface area contributed by atoms with Crippen LogP contribution in [0.2, 0.25) is 5.02 Å². The number of ether oxygens (including phenoxy) is 2. The molecule has 1 N–H and O–H groups in total. The maximum Gasteiger partial charge on any atom is 0.264 e. The summed E-state index contributed by atoms with van der Waals surface area (Å²) in [7, 11) is -1.29. The van der Waals surface area contributed by atoms with Gasteiger partial charge < -0.3 is 19.7 Å². The molecule has 0 spiro atoms. The third-order valence-electron chi connectivity index (χ3n) is 7.84. The molecule has 0 aliphatic heterocycles. The molecule has 0 heterocycles. The summed E-state index contributed by atoms with van der Waals surface area (Å²) in [5.41, 5.74) is 0.845. The van der Waals surface area contributed by atoms with Gasteiger partial charge in [0.05, 0.1) is 24.8 Å². The number of anilines is 1. The Morgan fingerprint density at radius 1 is 0.955 bits per heavy atom. The summed E-state index contributed by atoms with van der Waals surface area (Å²) in [6, 6.07) is 18.9. The number of carbonyl (C=O) groups excluding carboxylic acids is 2. The number of hydrogen-bond acceptors (Lipinski definition) is 6. The van der Waals surface area contributed by atoms with Crippen LogP contribution in [0.4, 0.5) is 5.69 Å². The molecule has 11 heteroatoms. The Morgan fingerprint density at radius 3 is 2.34 bits per heavy atom. The van der Waals surface area contributed by atoms with E-state index in [1.54, 1.807) is 49.6 Å². The van der Waals surface area contributed by atoms with Crippen LogP contribution in [0.25, 0.3) is 0 Å². The number of sulfonamides is 1. The Kier molecular flexibility index (Phi) is 11.5. The molecule has 9 nitrogen and oxygen atoms in total. The van der Waals surface area contributed by atoms with Gasteiger partial charge in [0.25, 0.3) is 10.0 Å². The van der Waals surface area contributed by atoms with Gasteiger partial charge in [-0.15, -0.1) is 0 Å². The number of hydrogen-bond donors (Lipinski definition) is 1. The highest BCUT2D eigenvalue weighted by Gasteiger charge is 2.35. The minimum Gasteiger partial charge on any atom is -0.497 e. The SMILES string of the molecule is CC[C@@H](C(=O)NC1CCCCC1)N(Cc1cccc(OC)c1)C(=O)CN(c1cc(Cl)ccc1OC)S(=O)(=O)c1ccccc1. The molecule has 3 aromatic rings. The average Bonchev–Trinajstić information content (AvgIpc) is 3.04. The number of benzene rings is 3. The van der Waals surface area contributed by atoms with Gasteiger partial charge in [-0.3, -0.25) is 13.9 Å². The minimum atomic E-state index is -4.26. The second-order valence-corrected chi connectivity index (χ2v) is 13.1. The van der Waals surface area contributed by atoms with Crippen molar-refractivity contribution in [1.82, 2.24) is 10.2 Å². The second-order valence-electron chi connectivity index (χ2n) is 10.8. The molecule has 1 aliphatic rings. The summed E-state index contributed by atoms with van der Waals surface area (Å²) < 4.78 is 40.1. The monoisotopic (exact) mass is 641 g/mol. The lowest BCUT2D eigenvalue weighted by molar-refractivity contribution is -0.140. The second kappa shape index (κ2) is 15.3. The van der Waals surface area contributed by atoms with Gasteiger partial charge in [0.2, 0.25) is 11.8 Å². The summed E-state index contributed by atoms with van der Waals surface area (Å²) in [5.74, 6) is 0.0168.